The van der Waals surface area contributed by atoms with Crippen molar-refractivity contribution in [3.05, 3.63) is 104 Å². The second-order valence-electron chi connectivity index (χ2n) is 11.7. The van der Waals surface area contributed by atoms with Crippen LogP contribution in [-0.4, -0.2) is 58.2 Å². The van der Waals surface area contributed by atoms with E-state index in [0.717, 1.165) is 45.5 Å². The van der Waals surface area contributed by atoms with Crippen molar-refractivity contribution in [1.29, 1.82) is 0 Å². The van der Waals surface area contributed by atoms with Crippen molar-refractivity contribution < 1.29 is 14.6 Å². The maximum atomic E-state index is 13.2. The number of halogens is 2. The number of carbonyl (C=O) groups is 1. The maximum absolute atomic E-state index is 13.2. The van der Waals surface area contributed by atoms with Crippen molar-refractivity contribution >= 4 is 34.8 Å². The summed E-state index contributed by atoms with van der Waals surface area (Å²) in [5, 5.41) is 19.4. The number of aliphatic hydroxyl groups is 1. The van der Waals surface area contributed by atoms with E-state index in [0.29, 0.717) is 65.4 Å². The van der Waals surface area contributed by atoms with Crippen molar-refractivity contribution in [2.45, 2.75) is 38.9 Å². The average molecular weight is 688 g/mol. The third-order valence-corrected chi connectivity index (χ3v) is 9.28. The van der Waals surface area contributed by atoms with Gasteiger partial charge in [0.15, 0.2) is 0 Å². The Kier molecular flexibility index (Phi) is 10.4. The van der Waals surface area contributed by atoms with Crippen LogP contribution >= 0.6 is 23.2 Å². The van der Waals surface area contributed by atoms with Crippen LogP contribution in [-0.2, 0) is 17.9 Å². The van der Waals surface area contributed by atoms with Crippen LogP contribution in [0.25, 0.3) is 39.2 Å². The number of pyridine rings is 2. The average Bonchev–Trinajstić information content (AvgIpc) is 3.50. The summed E-state index contributed by atoms with van der Waals surface area (Å²) in [5.41, 5.74) is 6.95. The minimum absolute atomic E-state index is 0.0124. The number of aromatic nitrogens is 3. The third-order valence-electron chi connectivity index (χ3n) is 8.46. The van der Waals surface area contributed by atoms with Crippen molar-refractivity contribution in [2.75, 3.05) is 26.8 Å². The molecule has 3 aromatic heterocycles. The van der Waals surface area contributed by atoms with Gasteiger partial charge in [0.2, 0.25) is 11.8 Å². The third kappa shape index (κ3) is 6.94. The lowest BCUT2D eigenvalue weighted by molar-refractivity contribution is -0.119. The van der Waals surface area contributed by atoms with E-state index in [4.69, 9.17) is 38.0 Å². The normalized spacial score (nSPS) is 14.4. The summed E-state index contributed by atoms with van der Waals surface area (Å²) in [5.74, 6) is 0.583. The molecule has 6 rings (SSSR count). The molecule has 4 heterocycles. The number of carbonyl (C=O) groups excluding carboxylic acids is 1. The number of rotatable bonds is 12. The van der Waals surface area contributed by atoms with Gasteiger partial charge in [0.1, 0.15) is 5.65 Å². The Morgan fingerprint density at radius 2 is 1.67 bits per heavy atom. The number of ether oxygens (including phenoxy) is 1. The summed E-state index contributed by atoms with van der Waals surface area (Å²) in [4.78, 5) is 34.0. The molecule has 0 saturated carbocycles. The van der Waals surface area contributed by atoms with E-state index in [9.17, 15) is 9.59 Å². The zero-order valence-corrected chi connectivity index (χ0v) is 28.2. The highest BCUT2D eigenvalue weighted by Gasteiger charge is 2.21. The lowest BCUT2D eigenvalue weighted by Gasteiger charge is -2.16. The van der Waals surface area contributed by atoms with Crippen molar-refractivity contribution in [1.82, 2.24) is 30.3 Å². The van der Waals surface area contributed by atoms with Gasteiger partial charge in [-0.3, -0.25) is 14.0 Å². The Hall–Kier alpha value is -4.32. The predicted octanol–water partition coefficient (Wildman–Crippen LogP) is 5.16. The minimum atomic E-state index is -0.161. The molecule has 0 aliphatic carbocycles. The smallest absolute Gasteiger partial charge is 0.262 e. The number of methoxy groups -OCH3 is 1. The molecule has 248 valence electrons. The Bertz CT molecular complexity index is 2050. The van der Waals surface area contributed by atoms with Crippen LogP contribution in [0.15, 0.2) is 71.7 Å². The van der Waals surface area contributed by atoms with E-state index in [1.165, 1.54) is 0 Å². The molecule has 1 aliphatic heterocycles. The fourth-order valence-corrected chi connectivity index (χ4v) is 6.70. The molecule has 4 N–H and O–H groups in total. The highest BCUT2D eigenvalue weighted by molar-refractivity contribution is 6.39. The molecule has 1 aliphatic rings. The summed E-state index contributed by atoms with van der Waals surface area (Å²) in [6, 6.07) is 19.3. The van der Waals surface area contributed by atoms with Crippen LogP contribution in [0.2, 0.25) is 10.0 Å². The van der Waals surface area contributed by atoms with Crippen LogP contribution < -0.4 is 26.2 Å². The zero-order valence-electron chi connectivity index (χ0n) is 26.6. The van der Waals surface area contributed by atoms with E-state index < -0.39 is 0 Å². The summed E-state index contributed by atoms with van der Waals surface area (Å²) in [6.45, 7) is 3.77. The van der Waals surface area contributed by atoms with Crippen molar-refractivity contribution in [3.63, 3.8) is 0 Å². The molecule has 0 spiro atoms. The van der Waals surface area contributed by atoms with E-state index >= 15 is 0 Å². The monoisotopic (exact) mass is 686 g/mol. The van der Waals surface area contributed by atoms with Crippen molar-refractivity contribution in [3.8, 4) is 39.4 Å². The van der Waals surface area contributed by atoms with Crippen LogP contribution in [0.3, 0.4) is 0 Å². The molecule has 5 aromatic rings. The Morgan fingerprint density at radius 1 is 0.958 bits per heavy atom. The largest absolute Gasteiger partial charge is 0.481 e. The van der Waals surface area contributed by atoms with Gasteiger partial charge in [-0.25, -0.2) is 9.97 Å². The van der Waals surface area contributed by atoms with Crippen LogP contribution in [0, 0.1) is 6.92 Å². The zero-order chi connectivity index (χ0) is 33.8. The number of hydrogen-bond donors (Lipinski definition) is 4. The van der Waals surface area contributed by atoms with Crippen LogP contribution in [0.1, 0.15) is 29.7 Å². The second kappa shape index (κ2) is 14.8. The Labute approximate surface area is 288 Å². The van der Waals surface area contributed by atoms with Gasteiger partial charge in [-0.05, 0) is 37.1 Å². The van der Waals surface area contributed by atoms with Crippen LogP contribution in [0.5, 0.6) is 5.88 Å². The highest BCUT2D eigenvalue weighted by Crippen LogP contribution is 2.42. The van der Waals surface area contributed by atoms with E-state index in [1.807, 2.05) is 67.6 Å². The van der Waals surface area contributed by atoms with Gasteiger partial charge in [-0.1, -0.05) is 65.7 Å². The summed E-state index contributed by atoms with van der Waals surface area (Å²) >= 11 is 14.2. The van der Waals surface area contributed by atoms with E-state index in [2.05, 4.69) is 20.9 Å². The predicted molar refractivity (Wildman–Crippen MR) is 189 cm³/mol. The number of amides is 1. The Balaban J connectivity index is 1.29. The number of hydrogen-bond acceptors (Lipinski definition) is 8. The van der Waals surface area contributed by atoms with Crippen LogP contribution in [0.4, 0.5) is 0 Å². The number of aliphatic hydroxyl groups excluding tert-OH is 1. The summed E-state index contributed by atoms with van der Waals surface area (Å²) < 4.78 is 7.22. The Morgan fingerprint density at radius 3 is 2.38 bits per heavy atom. The molecule has 1 atom stereocenters. The standard InChI is InChI=1S/C36H36Cl2N6O4/c1-21-15-23(16-31-41-19-24(18-39-13-14-45)36(47)44(21)31)26-5-3-6-27(33(26)37)28-7-4-8-29(34(28)38)30-11-9-22(35(43-30)48-2)17-40-20-25-10-12-32(46)42-25/h3-9,11,15-16,19,25,39-40,45H,10,12-14,17-18,20H2,1-2H3,(H,42,46)/t25-/m1/s1. The summed E-state index contributed by atoms with van der Waals surface area (Å²) in [6.07, 6.45) is 2.96. The molecular formula is C36H36Cl2N6O4. The van der Waals surface area contributed by atoms with Gasteiger partial charge >= 0.3 is 0 Å². The molecule has 0 unspecified atom stereocenters. The van der Waals surface area contributed by atoms with Gasteiger partial charge in [-0.15, -0.1) is 0 Å². The van der Waals surface area contributed by atoms with Gasteiger partial charge in [0.25, 0.3) is 5.56 Å². The lowest BCUT2D eigenvalue weighted by atomic mass is 9.96. The lowest BCUT2D eigenvalue weighted by Crippen LogP contribution is -2.35. The molecule has 12 heteroatoms. The minimum Gasteiger partial charge on any atom is -0.481 e. The highest BCUT2D eigenvalue weighted by atomic mass is 35.5. The molecule has 48 heavy (non-hydrogen) atoms. The van der Waals surface area contributed by atoms with E-state index in [1.54, 1.807) is 17.7 Å². The second-order valence-corrected chi connectivity index (χ2v) is 12.5. The van der Waals surface area contributed by atoms with Gasteiger partial charge in [0.05, 0.1) is 35.0 Å². The molecule has 1 fully saturated rings. The maximum Gasteiger partial charge on any atom is 0.262 e. The van der Waals surface area contributed by atoms with Gasteiger partial charge < -0.3 is 25.8 Å². The first-order valence-electron chi connectivity index (χ1n) is 15.7. The number of fused-ring (bicyclic) bond motifs is 1. The molecular weight excluding hydrogens is 651 g/mol. The molecule has 0 bridgehead atoms. The summed E-state index contributed by atoms with van der Waals surface area (Å²) in [7, 11) is 1.59. The topological polar surface area (TPSA) is 130 Å². The molecule has 1 saturated heterocycles. The number of nitrogens with one attached hydrogen (secondary N) is 3. The van der Waals surface area contributed by atoms with Crippen molar-refractivity contribution in [2.24, 2.45) is 0 Å². The molecule has 10 nitrogen and oxygen atoms in total. The van der Waals surface area contributed by atoms with Gasteiger partial charge in [-0.2, -0.15) is 0 Å². The fraction of sp³-hybridized carbons (Fsp3) is 0.278. The van der Waals surface area contributed by atoms with Gasteiger partial charge in [0, 0.05) is 78.3 Å². The number of aryl methyl sites for hydroxylation is 1. The quantitative estimate of drug-likeness (QED) is 0.132. The molecule has 0 radical (unpaired) electrons. The first-order chi connectivity index (χ1) is 23.3. The molecule has 2 aromatic carbocycles. The first-order valence-corrected chi connectivity index (χ1v) is 16.5. The molecule has 1 amide bonds. The number of benzene rings is 2. The SMILES string of the molecule is COc1nc(-c2cccc(-c3cccc(-c4cc(C)n5c(=O)c(CNCCO)cnc5c4)c3Cl)c2Cl)ccc1CNC[C@H]1CCC(=O)N1. The first kappa shape index (κ1) is 33.6. The van der Waals surface area contributed by atoms with E-state index in [-0.39, 0.29) is 24.1 Å². The fourth-order valence-electron chi connectivity index (χ4n) is 6.04. The number of nitrogens with zero attached hydrogens (tertiary/aromatic N) is 3.